The maximum Gasteiger partial charge on any atom is 0.275 e. The van der Waals surface area contributed by atoms with Crippen LogP contribution in [0.3, 0.4) is 0 Å². The molecule has 2 fully saturated rings. The van der Waals surface area contributed by atoms with Crippen LogP contribution in [0.5, 0.6) is 0 Å². The van der Waals surface area contributed by atoms with E-state index in [0.29, 0.717) is 11.3 Å². The number of fused-ring (bicyclic) bond motifs is 2. The van der Waals surface area contributed by atoms with Crippen LogP contribution < -0.4 is 10.9 Å². The van der Waals surface area contributed by atoms with Gasteiger partial charge in [-0.15, -0.1) is 0 Å². The molecule has 1 aromatic heterocycles. The Morgan fingerprint density at radius 2 is 2.09 bits per heavy atom. The van der Waals surface area contributed by atoms with Gasteiger partial charge in [0.1, 0.15) is 6.54 Å². The smallest absolute Gasteiger partial charge is 0.275 e. The summed E-state index contributed by atoms with van der Waals surface area (Å²) in [5, 5.41) is 9.15. The third-order valence-electron chi connectivity index (χ3n) is 5.10. The highest BCUT2D eigenvalue weighted by atomic mass is 16.2. The molecule has 1 aromatic carbocycles. The van der Waals surface area contributed by atoms with Crippen LogP contribution in [0.1, 0.15) is 12.1 Å². The molecule has 0 bridgehead atoms. The van der Waals surface area contributed by atoms with E-state index in [1.165, 1.54) is 4.68 Å². The zero-order valence-corrected chi connectivity index (χ0v) is 13.2. The zero-order chi connectivity index (χ0) is 16.0. The second-order valence-electron chi connectivity index (χ2n) is 6.46. The molecule has 6 nitrogen and oxygen atoms in total. The second kappa shape index (κ2) is 5.45. The Balaban J connectivity index is 1.64. The van der Waals surface area contributed by atoms with E-state index in [4.69, 9.17) is 0 Å². The minimum Gasteiger partial charge on any atom is -0.336 e. The van der Waals surface area contributed by atoms with E-state index in [-0.39, 0.29) is 24.1 Å². The molecule has 3 heterocycles. The number of carbonyl (C=O) groups excluding carboxylic acids is 1. The number of hydrogen-bond donors (Lipinski definition) is 1. The van der Waals surface area contributed by atoms with Gasteiger partial charge < -0.3 is 10.2 Å². The van der Waals surface area contributed by atoms with E-state index >= 15 is 0 Å². The van der Waals surface area contributed by atoms with E-state index in [1.54, 1.807) is 6.07 Å². The van der Waals surface area contributed by atoms with Gasteiger partial charge in [-0.1, -0.05) is 18.2 Å². The van der Waals surface area contributed by atoms with E-state index in [0.717, 1.165) is 37.1 Å². The highest BCUT2D eigenvalue weighted by Gasteiger charge is 2.39. The fraction of sp³-hybridized carbons (Fsp3) is 0.471. The predicted octanol–water partition coefficient (Wildman–Crippen LogP) is 0.525. The van der Waals surface area contributed by atoms with Crippen LogP contribution in [0.2, 0.25) is 0 Å². The third kappa shape index (κ3) is 2.34. The first-order valence-electron chi connectivity index (χ1n) is 8.12. The van der Waals surface area contributed by atoms with E-state index in [1.807, 2.05) is 30.0 Å². The molecule has 1 amide bonds. The van der Waals surface area contributed by atoms with Gasteiger partial charge in [0.2, 0.25) is 5.91 Å². The van der Waals surface area contributed by atoms with Gasteiger partial charge in [-0.2, -0.15) is 5.10 Å². The van der Waals surface area contributed by atoms with Gasteiger partial charge in [-0.25, -0.2) is 4.68 Å². The van der Waals surface area contributed by atoms with E-state index < -0.39 is 0 Å². The molecule has 23 heavy (non-hydrogen) atoms. The van der Waals surface area contributed by atoms with Crippen LogP contribution in [-0.2, 0) is 11.3 Å². The Labute approximate surface area is 134 Å². The molecule has 1 N–H and O–H groups in total. The number of aryl methyl sites for hydroxylation is 1. The molecule has 2 atom stereocenters. The third-order valence-corrected chi connectivity index (χ3v) is 5.10. The number of nitrogens with one attached hydrogen (secondary N) is 1. The Bertz CT molecular complexity index is 829. The normalized spacial score (nSPS) is 23.4. The molecular weight excluding hydrogens is 292 g/mol. The van der Waals surface area contributed by atoms with Gasteiger partial charge in [0.15, 0.2) is 0 Å². The summed E-state index contributed by atoms with van der Waals surface area (Å²) in [6, 6.07) is 7.69. The lowest BCUT2D eigenvalue weighted by Gasteiger charge is -2.23. The van der Waals surface area contributed by atoms with Crippen molar-refractivity contribution in [2.45, 2.75) is 25.9 Å². The molecule has 2 aliphatic heterocycles. The van der Waals surface area contributed by atoms with Crippen LogP contribution in [0.15, 0.2) is 29.1 Å². The molecule has 120 valence electrons. The van der Waals surface area contributed by atoms with Gasteiger partial charge in [0.05, 0.1) is 11.1 Å². The number of rotatable bonds is 2. The van der Waals surface area contributed by atoms with Crippen molar-refractivity contribution in [3.05, 3.63) is 40.3 Å². The lowest BCUT2D eigenvalue weighted by molar-refractivity contribution is -0.132. The number of likely N-dealkylation sites (tertiary alicyclic amines) is 1. The Hall–Kier alpha value is -2.21. The topological polar surface area (TPSA) is 67.2 Å². The highest BCUT2D eigenvalue weighted by Crippen LogP contribution is 2.27. The van der Waals surface area contributed by atoms with Crippen molar-refractivity contribution in [1.82, 2.24) is 20.0 Å². The van der Waals surface area contributed by atoms with Crippen LogP contribution in [0, 0.1) is 12.8 Å². The summed E-state index contributed by atoms with van der Waals surface area (Å²) >= 11 is 0. The highest BCUT2D eigenvalue weighted by molar-refractivity contribution is 5.83. The van der Waals surface area contributed by atoms with Crippen molar-refractivity contribution in [2.75, 3.05) is 19.6 Å². The minimum atomic E-state index is -0.195. The summed E-state index contributed by atoms with van der Waals surface area (Å²) in [4.78, 5) is 27.2. The molecular formula is C17H20N4O2. The number of aromatic nitrogens is 2. The minimum absolute atomic E-state index is 0.00881. The van der Waals surface area contributed by atoms with Crippen LogP contribution >= 0.6 is 0 Å². The van der Waals surface area contributed by atoms with Crippen molar-refractivity contribution in [1.29, 1.82) is 0 Å². The molecule has 2 aliphatic rings. The van der Waals surface area contributed by atoms with Crippen LogP contribution in [-0.4, -0.2) is 46.3 Å². The van der Waals surface area contributed by atoms with E-state index in [9.17, 15) is 9.59 Å². The van der Waals surface area contributed by atoms with Gasteiger partial charge in [-0.05, 0) is 25.3 Å². The molecule has 0 unspecified atom stereocenters. The Kier molecular flexibility index (Phi) is 3.41. The first kappa shape index (κ1) is 14.4. The summed E-state index contributed by atoms with van der Waals surface area (Å²) < 4.78 is 1.32. The average molecular weight is 312 g/mol. The van der Waals surface area contributed by atoms with E-state index in [2.05, 4.69) is 10.4 Å². The van der Waals surface area contributed by atoms with Crippen LogP contribution in [0.4, 0.5) is 0 Å². The number of hydrogen-bond acceptors (Lipinski definition) is 4. The summed E-state index contributed by atoms with van der Waals surface area (Å²) in [5.74, 6) is 0.549. The molecule has 6 heteroatoms. The summed E-state index contributed by atoms with van der Waals surface area (Å²) in [7, 11) is 0. The Morgan fingerprint density at radius 3 is 2.91 bits per heavy atom. The molecule has 0 spiro atoms. The predicted molar refractivity (Wildman–Crippen MR) is 87.2 cm³/mol. The fourth-order valence-corrected chi connectivity index (χ4v) is 3.89. The van der Waals surface area contributed by atoms with Crippen molar-refractivity contribution in [3.63, 3.8) is 0 Å². The van der Waals surface area contributed by atoms with Crippen LogP contribution in [0.25, 0.3) is 10.8 Å². The second-order valence-corrected chi connectivity index (χ2v) is 6.46. The lowest BCUT2D eigenvalue weighted by Crippen LogP contribution is -2.42. The lowest BCUT2D eigenvalue weighted by atomic mass is 10.1. The summed E-state index contributed by atoms with van der Waals surface area (Å²) in [6.07, 6.45) is 1.04. The van der Waals surface area contributed by atoms with Gasteiger partial charge in [-0.3, -0.25) is 9.59 Å². The average Bonchev–Trinajstić information content (AvgIpc) is 3.15. The molecule has 4 rings (SSSR count). The molecule has 2 saturated heterocycles. The van der Waals surface area contributed by atoms with Gasteiger partial charge in [0, 0.05) is 31.1 Å². The molecule has 0 aliphatic carbocycles. The molecule has 0 saturated carbocycles. The maximum absolute atomic E-state index is 12.7. The molecule has 2 aromatic rings. The quantitative estimate of drug-likeness (QED) is 0.878. The zero-order valence-electron chi connectivity index (χ0n) is 13.2. The Morgan fingerprint density at radius 1 is 1.30 bits per heavy atom. The number of benzene rings is 1. The summed E-state index contributed by atoms with van der Waals surface area (Å²) in [6.45, 7) is 4.53. The van der Waals surface area contributed by atoms with Gasteiger partial charge >= 0.3 is 0 Å². The standard InChI is InChI=1S/C17H20N4O2/c1-11-13-4-2-3-5-14(13)17(23)21(19-11)10-16(22)20-7-6-12-8-18-9-15(12)20/h2-5,12,15,18H,6-10H2,1H3/t12-,15+/m0/s1. The maximum atomic E-state index is 12.7. The van der Waals surface area contributed by atoms with Crippen molar-refractivity contribution in [2.24, 2.45) is 5.92 Å². The first-order valence-corrected chi connectivity index (χ1v) is 8.12. The molecule has 0 radical (unpaired) electrons. The fourth-order valence-electron chi connectivity index (χ4n) is 3.89. The number of amides is 1. The largest absolute Gasteiger partial charge is 0.336 e. The van der Waals surface area contributed by atoms with Crippen molar-refractivity contribution in [3.8, 4) is 0 Å². The number of carbonyl (C=O) groups is 1. The first-order chi connectivity index (χ1) is 11.1. The SMILES string of the molecule is Cc1nn(CC(=O)N2CC[C@H]3CNC[C@H]32)c(=O)c2ccccc12. The summed E-state index contributed by atoms with van der Waals surface area (Å²) in [5.41, 5.74) is 0.578. The monoisotopic (exact) mass is 312 g/mol. The van der Waals surface area contributed by atoms with Crippen molar-refractivity contribution >= 4 is 16.7 Å². The number of nitrogens with zero attached hydrogens (tertiary/aromatic N) is 3. The van der Waals surface area contributed by atoms with Crippen molar-refractivity contribution < 1.29 is 4.79 Å². The van der Waals surface area contributed by atoms with Gasteiger partial charge in [0.25, 0.3) is 5.56 Å².